The Bertz CT molecular complexity index is 270. The minimum Gasteiger partial charge on any atom is -0.444 e. The Hall–Kier alpha value is -1.03. The number of rotatable bonds is 2. The van der Waals surface area contributed by atoms with Gasteiger partial charge in [0.1, 0.15) is 5.60 Å². The van der Waals surface area contributed by atoms with Crippen LogP contribution in [0.15, 0.2) is 12.7 Å². The maximum atomic E-state index is 11.9. The van der Waals surface area contributed by atoms with Crippen molar-refractivity contribution >= 4 is 6.09 Å². The summed E-state index contributed by atoms with van der Waals surface area (Å²) >= 11 is 0. The van der Waals surface area contributed by atoms with Crippen molar-refractivity contribution in [1.29, 1.82) is 0 Å². The van der Waals surface area contributed by atoms with Crippen LogP contribution < -0.4 is 0 Å². The largest absolute Gasteiger partial charge is 0.444 e. The van der Waals surface area contributed by atoms with E-state index >= 15 is 0 Å². The zero-order valence-corrected chi connectivity index (χ0v) is 10.3. The number of ether oxygens (including phenoxy) is 1. The molecule has 1 aliphatic rings. The molecule has 0 bridgehead atoms. The summed E-state index contributed by atoms with van der Waals surface area (Å²) in [6, 6.07) is -0.162. The van der Waals surface area contributed by atoms with Crippen LogP contribution in [0, 0.1) is 0 Å². The molecule has 1 fully saturated rings. The highest BCUT2D eigenvalue weighted by Gasteiger charge is 2.37. The molecule has 92 valence electrons. The molecule has 0 aromatic heterocycles. The molecule has 1 aliphatic heterocycles. The van der Waals surface area contributed by atoms with Gasteiger partial charge in [0.2, 0.25) is 0 Å². The summed E-state index contributed by atoms with van der Waals surface area (Å²) < 4.78 is 5.31. The number of carbonyl (C=O) groups is 1. The van der Waals surface area contributed by atoms with E-state index in [0.29, 0.717) is 0 Å². The van der Waals surface area contributed by atoms with Gasteiger partial charge in [0, 0.05) is 0 Å². The lowest BCUT2D eigenvalue weighted by molar-refractivity contribution is 0.0126. The van der Waals surface area contributed by atoms with Crippen molar-refractivity contribution in [3.8, 4) is 0 Å². The number of hydrogen-bond acceptors (Lipinski definition) is 3. The molecule has 16 heavy (non-hydrogen) atoms. The number of aliphatic hydroxyl groups excluding tert-OH is 1. The average molecular weight is 227 g/mol. The second-order valence-electron chi connectivity index (χ2n) is 5.10. The third-order valence-corrected chi connectivity index (χ3v) is 2.63. The van der Waals surface area contributed by atoms with Gasteiger partial charge in [-0.05, 0) is 33.6 Å². The summed E-state index contributed by atoms with van der Waals surface area (Å²) in [6.45, 7) is 9.18. The minimum absolute atomic E-state index is 0.0213. The van der Waals surface area contributed by atoms with E-state index in [4.69, 9.17) is 4.74 Å². The zero-order valence-electron chi connectivity index (χ0n) is 10.3. The molecule has 1 heterocycles. The molecule has 1 rings (SSSR count). The Morgan fingerprint density at radius 2 is 2.19 bits per heavy atom. The van der Waals surface area contributed by atoms with Crippen LogP contribution in [0.4, 0.5) is 4.79 Å². The number of likely N-dealkylation sites (tertiary alicyclic amines) is 1. The number of amides is 1. The van der Waals surface area contributed by atoms with Crippen molar-refractivity contribution in [2.24, 2.45) is 0 Å². The van der Waals surface area contributed by atoms with Crippen LogP contribution in [-0.4, -0.2) is 40.4 Å². The van der Waals surface area contributed by atoms with Crippen molar-refractivity contribution < 1.29 is 14.6 Å². The first-order valence-corrected chi connectivity index (χ1v) is 5.63. The van der Waals surface area contributed by atoms with Crippen molar-refractivity contribution in [2.75, 3.05) is 6.61 Å². The molecule has 0 unspecified atom stereocenters. The summed E-state index contributed by atoms with van der Waals surface area (Å²) in [7, 11) is 0. The quantitative estimate of drug-likeness (QED) is 0.733. The Balaban J connectivity index is 2.74. The minimum atomic E-state index is -0.509. The molecule has 0 aromatic rings. The maximum Gasteiger partial charge on any atom is 0.411 e. The monoisotopic (exact) mass is 227 g/mol. The predicted molar refractivity (Wildman–Crippen MR) is 62.2 cm³/mol. The van der Waals surface area contributed by atoms with Gasteiger partial charge in [-0.2, -0.15) is 0 Å². The fourth-order valence-corrected chi connectivity index (χ4v) is 1.92. The number of aliphatic hydroxyl groups is 1. The van der Waals surface area contributed by atoms with Gasteiger partial charge < -0.3 is 9.84 Å². The van der Waals surface area contributed by atoms with Gasteiger partial charge in [-0.3, -0.25) is 4.90 Å². The normalized spacial score (nSPS) is 25.6. The second-order valence-corrected chi connectivity index (χ2v) is 5.10. The first-order chi connectivity index (χ1) is 7.39. The highest BCUT2D eigenvalue weighted by atomic mass is 16.6. The summed E-state index contributed by atoms with van der Waals surface area (Å²) in [4.78, 5) is 13.5. The van der Waals surface area contributed by atoms with Crippen molar-refractivity contribution in [1.82, 2.24) is 4.90 Å². The topological polar surface area (TPSA) is 49.8 Å². The molecular weight excluding hydrogens is 206 g/mol. The Morgan fingerprint density at radius 1 is 1.56 bits per heavy atom. The molecular formula is C12H21NO3. The van der Waals surface area contributed by atoms with Gasteiger partial charge in [-0.25, -0.2) is 4.79 Å². The molecule has 1 saturated heterocycles. The smallest absolute Gasteiger partial charge is 0.411 e. The predicted octanol–water partition coefficient (Wildman–Crippen LogP) is 1.93. The maximum absolute atomic E-state index is 11.9. The van der Waals surface area contributed by atoms with Crippen LogP contribution in [-0.2, 0) is 4.74 Å². The lowest BCUT2D eigenvalue weighted by Gasteiger charge is -2.30. The molecule has 4 nitrogen and oxygen atoms in total. The van der Waals surface area contributed by atoms with Crippen LogP contribution in [0.25, 0.3) is 0 Å². The van der Waals surface area contributed by atoms with Gasteiger partial charge in [0.15, 0.2) is 0 Å². The summed E-state index contributed by atoms with van der Waals surface area (Å²) in [5, 5.41) is 9.21. The van der Waals surface area contributed by atoms with E-state index in [1.807, 2.05) is 20.8 Å². The lowest BCUT2D eigenvalue weighted by Crippen LogP contribution is -2.44. The van der Waals surface area contributed by atoms with E-state index in [-0.39, 0.29) is 24.8 Å². The zero-order chi connectivity index (χ0) is 12.3. The summed E-state index contributed by atoms with van der Waals surface area (Å²) in [6.07, 6.45) is 3.01. The van der Waals surface area contributed by atoms with E-state index in [9.17, 15) is 9.90 Å². The highest BCUT2D eigenvalue weighted by Crippen LogP contribution is 2.26. The molecule has 0 aromatic carbocycles. The summed E-state index contributed by atoms with van der Waals surface area (Å²) in [5.74, 6) is 0. The van der Waals surface area contributed by atoms with Gasteiger partial charge in [-0.15, -0.1) is 6.58 Å². The van der Waals surface area contributed by atoms with E-state index in [1.165, 1.54) is 0 Å². The van der Waals surface area contributed by atoms with Gasteiger partial charge in [0.25, 0.3) is 0 Å². The van der Waals surface area contributed by atoms with Gasteiger partial charge in [0.05, 0.1) is 18.7 Å². The van der Waals surface area contributed by atoms with E-state index in [2.05, 4.69) is 6.58 Å². The SMILES string of the molecule is C=C[C@H]1CC[C@@H](CO)N1C(=O)OC(C)(C)C. The molecule has 0 saturated carbocycles. The number of carbonyl (C=O) groups excluding carboxylic acids is 1. The Labute approximate surface area is 96.9 Å². The van der Waals surface area contributed by atoms with Gasteiger partial charge >= 0.3 is 6.09 Å². The molecule has 0 radical (unpaired) electrons. The molecule has 1 N–H and O–H groups in total. The number of nitrogens with zero attached hydrogens (tertiary/aromatic N) is 1. The standard InChI is InChI=1S/C12H21NO3/c1-5-9-6-7-10(8-14)13(9)11(15)16-12(2,3)4/h5,9-10,14H,1,6-8H2,2-4H3/t9-,10-/m0/s1. The Kier molecular flexibility index (Phi) is 3.97. The fraction of sp³-hybridized carbons (Fsp3) is 0.750. The second kappa shape index (κ2) is 4.87. The van der Waals surface area contributed by atoms with Crippen molar-refractivity contribution in [3.05, 3.63) is 12.7 Å². The van der Waals surface area contributed by atoms with Crippen LogP contribution >= 0.6 is 0 Å². The first-order valence-electron chi connectivity index (χ1n) is 5.63. The summed E-state index contributed by atoms with van der Waals surface area (Å²) in [5.41, 5.74) is -0.509. The third kappa shape index (κ3) is 2.98. The fourth-order valence-electron chi connectivity index (χ4n) is 1.92. The Morgan fingerprint density at radius 3 is 2.62 bits per heavy atom. The first kappa shape index (κ1) is 13.0. The third-order valence-electron chi connectivity index (χ3n) is 2.63. The highest BCUT2D eigenvalue weighted by molar-refractivity contribution is 5.69. The van der Waals surface area contributed by atoms with Crippen LogP contribution in [0.1, 0.15) is 33.6 Å². The van der Waals surface area contributed by atoms with E-state index < -0.39 is 5.60 Å². The van der Waals surface area contributed by atoms with Crippen molar-refractivity contribution in [2.45, 2.75) is 51.3 Å². The van der Waals surface area contributed by atoms with Crippen molar-refractivity contribution in [3.63, 3.8) is 0 Å². The molecule has 1 amide bonds. The van der Waals surface area contributed by atoms with Crippen LogP contribution in [0.2, 0.25) is 0 Å². The lowest BCUT2D eigenvalue weighted by atomic mass is 10.2. The molecule has 0 aliphatic carbocycles. The van der Waals surface area contributed by atoms with E-state index in [0.717, 1.165) is 12.8 Å². The molecule has 2 atom stereocenters. The number of hydrogen-bond donors (Lipinski definition) is 1. The molecule has 4 heteroatoms. The average Bonchev–Trinajstić information content (AvgIpc) is 2.57. The molecule has 0 spiro atoms. The van der Waals surface area contributed by atoms with E-state index in [1.54, 1.807) is 11.0 Å². The van der Waals surface area contributed by atoms with Crippen LogP contribution in [0.5, 0.6) is 0 Å². The van der Waals surface area contributed by atoms with Crippen LogP contribution in [0.3, 0.4) is 0 Å². The van der Waals surface area contributed by atoms with Gasteiger partial charge in [-0.1, -0.05) is 6.08 Å².